The first-order chi connectivity index (χ1) is 6.16. The minimum absolute atomic E-state index is 0.201. The molecule has 0 atom stereocenters. The Morgan fingerprint density at radius 1 is 0.692 bits per heavy atom. The van der Waals surface area contributed by atoms with E-state index in [0.717, 1.165) is 0 Å². The molecule has 0 aromatic rings. The summed E-state index contributed by atoms with van der Waals surface area (Å²) in [5.41, 5.74) is 0.951. The zero-order valence-corrected chi connectivity index (χ0v) is 10.6. The maximum absolute atomic E-state index is 3.89. The first-order valence-corrected chi connectivity index (χ1v) is 6.43. The van der Waals surface area contributed by atoms with Gasteiger partial charge in [-0.05, 0) is 25.7 Å². The van der Waals surface area contributed by atoms with E-state index in [9.17, 15) is 0 Å². The molecule has 0 unspecified atom stereocenters. The molecule has 0 nitrogen and oxygen atoms in total. The first-order valence-electron chi connectivity index (χ1n) is 4.84. The van der Waals surface area contributed by atoms with E-state index in [0.29, 0.717) is 10.8 Å². The fourth-order valence-corrected chi connectivity index (χ4v) is 5.95. The summed E-state index contributed by atoms with van der Waals surface area (Å²) in [4.78, 5) is 0. The van der Waals surface area contributed by atoms with E-state index in [1.165, 1.54) is 25.7 Å². The summed E-state index contributed by atoms with van der Waals surface area (Å²) >= 11 is 7.78. The SMILES string of the molecule is BrC1(Br)C23CC=CCC12CC=CC3. The molecule has 3 aliphatic rings. The molecule has 0 radical (unpaired) electrons. The summed E-state index contributed by atoms with van der Waals surface area (Å²) in [7, 11) is 0. The molecule has 0 aromatic heterocycles. The van der Waals surface area contributed by atoms with Crippen LogP contribution in [0.2, 0.25) is 0 Å². The van der Waals surface area contributed by atoms with Crippen molar-refractivity contribution in [3.05, 3.63) is 24.3 Å². The first kappa shape index (κ1) is 8.72. The van der Waals surface area contributed by atoms with Gasteiger partial charge in [0.1, 0.15) is 0 Å². The lowest BCUT2D eigenvalue weighted by molar-refractivity contribution is 0.315. The van der Waals surface area contributed by atoms with Crippen LogP contribution >= 0.6 is 31.9 Å². The molecule has 2 heteroatoms. The van der Waals surface area contributed by atoms with Gasteiger partial charge in [0, 0.05) is 10.8 Å². The lowest BCUT2D eigenvalue weighted by Crippen LogP contribution is -2.17. The van der Waals surface area contributed by atoms with Gasteiger partial charge in [-0.2, -0.15) is 0 Å². The van der Waals surface area contributed by atoms with E-state index in [2.05, 4.69) is 56.2 Å². The van der Waals surface area contributed by atoms with E-state index >= 15 is 0 Å². The Bertz CT molecular complexity index is 266. The van der Waals surface area contributed by atoms with E-state index in [1.54, 1.807) is 0 Å². The number of alkyl halides is 2. The number of allylic oxidation sites excluding steroid dienone is 4. The van der Waals surface area contributed by atoms with Crippen LogP contribution in [0.4, 0.5) is 0 Å². The number of halogens is 2. The summed E-state index contributed by atoms with van der Waals surface area (Å²) in [6, 6.07) is 0. The molecular formula is C11H12Br2. The third kappa shape index (κ3) is 0.719. The van der Waals surface area contributed by atoms with Crippen LogP contribution in [0.3, 0.4) is 0 Å². The quantitative estimate of drug-likeness (QED) is 0.466. The maximum atomic E-state index is 3.89. The van der Waals surface area contributed by atoms with Crippen molar-refractivity contribution < 1.29 is 0 Å². The number of hydrogen-bond donors (Lipinski definition) is 0. The fourth-order valence-electron chi connectivity index (χ4n) is 3.34. The predicted octanol–water partition coefficient (Wildman–Crippen LogP) is 4.16. The van der Waals surface area contributed by atoms with Crippen molar-refractivity contribution in [1.82, 2.24) is 0 Å². The largest absolute Gasteiger partial charge is 0.0941 e. The number of rotatable bonds is 0. The van der Waals surface area contributed by atoms with Crippen molar-refractivity contribution in [2.24, 2.45) is 10.8 Å². The van der Waals surface area contributed by atoms with E-state index in [1.807, 2.05) is 0 Å². The molecule has 1 fully saturated rings. The third-order valence-corrected chi connectivity index (χ3v) is 7.29. The Labute approximate surface area is 95.7 Å². The van der Waals surface area contributed by atoms with Crippen LogP contribution in [-0.4, -0.2) is 3.23 Å². The Kier molecular flexibility index (Phi) is 1.56. The van der Waals surface area contributed by atoms with Gasteiger partial charge in [-0.1, -0.05) is 56.2 Å². The van der Waals surface area contributed by atoms with Crippen molar-refractivity contribution in [3.63, 3.8) is 0 Å². The van der Waals surface area contributed by atoms with Crippen molar-refractivity contribution in [2.45, 2.75) is 28.9 Å². The molecule has 0 spiro atoms. The van der Waals surface area contributed by atoms with Gasteiger partial charge in [-0.3, -0.25) is 0 Å². The van der Waals surface area contributed by atoms with Crippen LogP contribution in [0.5, 0.6) is 0 Å². The average Bonchev–Trinajstić information content (AvgIpc) is 2.61. The zero-order chi connectivity index (χ0) is 9.16. The zero-order valence-electron chi connectivity index (χ0n) is 7.39. The molecule has 0 aromatic carbocycles. The van der Waals surface area contributed by atoms with Crippen LogP contribution in [-0.2, 0) is 0 Å². The van der Waals surface area contributed by atoms with Gasteiger partial charge in [0.05, 0.1) is 3.23 Å². The molecular weight excluding hydrogens is 292 g/mol. The summed E-state index contributed by atoms with van der Waals surface area (Å²) in [6.07, 6.45) is 14.3. The summed E-state index contributed by atoms with van der Waals surface area (Å²) in [5.74, 6) is 0. The third-order valence-electron chi connectivity index (χ3n) is 4.25. The van der Waals surface area contributed by atoms with E-state index in [4.69, 9.17) is 0 Å². The molecule has 0 aliphatic heterocycles. The molecule has 3 rings (SSSR count). The van der Waals surface area contributed by atoms with Crippen molar-refractivity contribution in [1.29, 1.82) is 0 Å². The normalized spacial score (nSPS) is 49.7. The molecule has 13 heavy (non-hydrogen) atoms. The van der Waals surface area contributed by atoms with Gasteiger partial charge >= 0.3 is 0 Å². The molecule has 1 saturated carbocycles. The molecule has 0 N–H and O–H groups in total. The topological polar surface area (TPSA) is 0 Å². The van der Waals surface area contributed by atoms with Gasteiger partial charge in [-0.25, -0.2) is 0 Å². The second-order valence-electron chi connectivity index (χ2n) is 4.50. The molecule has 3 aliphatic carbocycles. The van der Waals surface area contributed by atoms with Crippen molar-refractivity contribution in [2.75, 3.05) is 0 Å². The van der Waals surface area contributed by atoms with Gasteiger partial charge in [0.15, 0.2) is 0 Å². The lowest BCUT2D eigenvalue weighted by Gasteiger charge is -2.27. The van der Waals surface area contributed by atoms with Crippen LogP contribution < -0.4 is 0 Å². The number of hydrogen-bond acceptors (Lipinski definition) is 0. The fraction of sp³-hybridized carbons (Fsp3) is 0.636. The lowest BCUT2D eigenvalue weighted by atomic mass is 9.76. The Morgan fingerprint density at radius 2 is 1.00 bits per heavy atom. The summed E-state index contributed by atoms with van der Waals surface area (Å²) in [6.45, 7) is 0. The van der Waals surface area contributed by atoms with Crippen molar-refractivity contribution in [3.8, 4) is 0 Å². The van der Waals surface area contributed by atoms with Crippen molar-refractivity contribution >= 4 is 31.9 Å². The summed E-state index contributed by atoms with van der Waals surface area (Å²) < 4.78 is 0.201. The van der Waals surface area contributed by atoms with Gasteiger partial charge in [0.25, 0.3) is 0 Å². The minimum atomic E-state index is 0.201. The molecule has 0 amide bonds. The van der Waals surface area contributed by atoms with Gasteiger partial charge in [0.2, 0.25) is 0 Å². The van der Waals surface area contributed by atoms with Gasteiger partial charge < -0.3 is 0 Å². The highest BCUT2D eigenvalue weighted by Crippen LogP contribution is 2.87. The maximum Gasteiger partial charge on any atom is 0.0941 e. The molecule has 70 valence electrons. The van der Waals surface area contributed by atoms with Crippen LogP contribution in [0.25, 0.3) is 0 Å². The van der Waals surface area contributed by atoms with Crippen LogP contribution in [0, 0.1) is 10.8 Å². The van der Waals surface area contributed by atoms with Gasteiger partial charge in [-0.15, -0.1) is 0 Å². The highest BCUT2D eigenvalue weighted by Gasteiger charge is 2.83. The summed E-state index contributed by atoms with van der Waals surface area (Å²) in [5, 5.41) is 0. The average molecular weight is 304 g/mol. The molecule has 0 heterocycles. The monoisotopic (exact) mass is 302 g/mol. The predicted molar refractivity (Wildman–Crippen MR) is 62.2 cm³/mol. The molecule has 0 saturated heterocycles. The Balaban J connectivity index is 2.11. The highest BCUT2D eigenvalue weighted by molar-refractivity contribution is 9.25. The van der Waals surface area contributed by atoms with Crippen LogP contribution in [0.15, 0.2) is 24.3 Å². The second-order valence-corrected chi connectivity index (χ2v) is 7.94. The Morgan fingerprint density at radius 3 is 1.31 bits per heavy atom. The minimum Gasteiger partial charge on any atom is -0.0878 e. The van der Waals surface area contributed by atoms with E-state index in [-0.39, 0.29) is 3.23 Å². The smallest absolute Gasteiger partial charge is 0.0878 e. The molecule has 0 bridgehead atoms. The second kappa shape index (κ2) is 2.33. The standard InChI is InChI=1S/C11H12Br2/c12-11(13)9-5-1-2-6-10(9,11)8-4-3-7-9/h1-4H,5-8H2. The van der Waals surface area contributed by atoms with E-state index < -0.39 is 0 Å². The van der Waals surface area contributed by atoms with Crippen LogP contribution in [0.1, 0.15) is 25.7 Å². The highest BCUT2D eigenvalue weighted by atomic mass is 79.9. The Hall–Kier alpha value is 0.440.